The first kappa shape index (κ1) is 16.9. The van der Waals surface area contributed by atoms with E-state index in [0.29, 0.717) is 5.41 Å². The summed E-state index contributed by atoms with van der Waals surface area (Å²) < 4.78 is 10.2. The highest BCUT2D eigenvalue weighted by Crippen LogP contribution is 2.31. The van der Waals surface area contributed by atoms with Gasteiger partial charge in [0.15, 0.2) is 0 Å². The third kappa shape index (κ3) is 7.74. The maximum Gasteiger partial charge on any atom is 0.0587 e. The first-order valence-electron chi connectivity index (χ1n) is 6.93. The average molecular weight is 245 g/mol. The third-order valence-corrected chi connectivity index (χ3v) is 3.79. The van der Waals surface area contributed by atoms with Gasteiger partial charge in [-0.25, -0.2) is 0 Å². The predicted molar refractivity (Wildman–Crippen MR) is 73.5 cm³/mol. The second kappa shape index (κ2) is 11.0. The van der Waals surface area contributed by atoms with Gasteiger partial charge in [0.25, 0.3) is 0 Å². The van der Waals surface area contributed by atoms with Gasteiger partial charge in [0, 0.05) is 33.9 Å². The second-order valence-corrected chi connectivity index (χ2v) is 4.83. The molecule has 0 unspecified atom stereocenters. The van der Waals surface area contributed by atoms with Gasteiger partial charge < -0.3 is 14.8 Å². The summed E-state index contributed by atoms with van der Waals surface area (Å²) in [5, 5.41) is 3.51. The summed E-state index contributed by atoms with van der Waals surface area (Å²) in [7, 11) is 3.53. The number of methoxy groups -OCH3 is 2. The van der Waals surface area contributed by atoms with Crippen LogP contribution in [0.4, 0.5) is 0 Å². The van der Waals surface area contributed by atoms with E-state index in [1.165, 1.54) is 32.1 Å². The molecule has 0 aliphatic carbocycles. The lowest BCUT2D eigenvalue weighted by Crippen LogP contribution is -2.35. The van der Waals surface area contributed by atoms with Crippen LogP contribution in [0.15, 0.2) is 0 Å². The molecule has 0 saturated carbocycles. The smallest absolute Gasteiger partial charge is 0.0587 e. The van der Waals surface area contributed by atoms with Crippen molar-refractivity contribution in [1.29, 1.82) is 0 Å². The minimum atomic E-state index is 0.460. The first-order chi connectivity index (χ1) is 8.24. The fraction of sp³-hybridized carbons (Fsp3) is 1.00. The Hall–Kier alpha value is -0.120. The molecule has 0 saturated heterocycles. The van der Waals surface area contributed by atoms with Crippen molar-refractivity contribution in [2.24, 2.45) is 5.41 Å². The fourth-order valence-corrected chi connectivity index (χ4v) is 2.22. The van der Waals surface area contributed by atoms with E-state index < -0.39 is 0 Å². The number of rotatable bonds is 12. The minimum absolute atomic E-state index is 0.460. The molecule has 3 nitrogen and oxygen atoms in total. The Bertz CT molecular complexity index is 144. The maximum atomic E-state index is 5.10. The summed E-state index contributed by atoms with van der Waals surface area (Å²) in [6, 6.07) is 0. The average Bonchev–Trinajstić information content (AvgIpc) is 2.37. The lowest BCUT2D eigenvalue weighted by atomic mass is 9.78. The highest BCUT2D eigenvalue weighted by atomic mass is 16.5. The molecular weight excluding hydrogens is 214 g/mol. The zero-order valence-corrected chi connectivity index (χ0v) is 12.2. The molecule has 0 rings (SSSR count). The Kier molecular flexibility index (Phi) is 10.9. The lowest BCUT2D eigenvalue weighted by Gasteiger charge is -2.32. The van der Waals surface area contributed by atoms with Crippen LogP contribution in [0.25, 0.3) is 0 Å². The van der Waals surface area contributed by atoms with Gasteiger partial charge in [0.2, 0.25) is 0 Å². The molecule has 0 aliphatic rings. The molecule has 3 heteroatoms. The summed E-state index contributed by atoms with van der Waals surface area (Å²) in [5.41, 5.74) is 0.460. The van der Waals surface area contributed by atoms with E-state index in [4.69, 9.17) is 9.47 Å². The zero-order valence-electron chi connectivity index (χ0n) is 12.2. The van der Waals surface area contributed by atoms with Gasteiger partial charge in [-0.2, -0.15) is 0 Å². The van der Waals surface area contributed by atoms with Gasteiger partial charge in [-0.1, -0.05) is 20.3 Å². The van der Waals surface area contributed by atoms with E-state index in [-0.39, 0.29) is 0 Å². The first-order valence-corrected chi connectivity index (χ1v) is 6.93. The van der Waals surface area contributed by atoms with Crippen molar-refractivity contribution in [3.8, 4) is 0 Å². The molecule has 17 heavy (non-hydrogen) atoms. The van der Waals surface area contributed by atoms with Crippen LogP contribution >= 0.6 is 0 Å². The molecule has 0 aliphatic heterocycles. The number of unbranched alkanes of at least 4 members (excludes halogenated alkanes) is 1. The fourth-order valence-electron chi connectivity index (χ4n) is 2.22. The van der Waals surface area contributed by atoms with Gasteiger partial charge in [-0.05, 0) is 31.1 Å². The maximum absolute atomic E-state index is 5.10. The molecule has 1 N–H and O–H groups in total. The Morgan fingerprint density at radius 2 is 1.59 bits per heavy atom. The van der Waals surface area contributed by atoms with E-state index in [0.717, 1.165) is 26.3 Å². The quantitative estimate of drug-likeness (QED) is 0.536. The van der Waals surface area contributed by atoms with Crippen LogP contribution in [0.2, 0.25) is 0 Å². The van der Waals surface area contributed by atoms with Crippen molar-refractivity contribution < 1.29 is 9.47 Å². The Morgan fingerprint density at radius 3 is 2.12 bits per heavy atom. The standard InChI is InChI=1S/C14H31NO2/c1-5-14(6-2,9-7-8-11-16-3)13-15-10-12-17-4/h15H,5-13H2,1-4H3. The highest BCUT2D eigenvalue weighted by Gasteiger charge is 2.24. The van der Waals surface area contributed by atoms with E-state index in [1.54, 1.807) is 14.2 Å². The van der Waals surface area contributed by atoms with Crippen molar-refractivity contribution in [3.05, 3.63) is 0 Å². The zero-order chi connectivity index (χ0) is 13.0. The van der Waals surface area contributed by atoms with Gasteiger partial charge >= 0.3 is 0 Å². The molecule has 0 aromatic carbocycles. The topological polar surface area (TPSA) is 30.5 Å². The number of nitrogens with one attached hydrogen (secondary N) is 1. The molecule has 0 amide bonds. The van der Waals surface area contributed by atoms with Crippen molar-refractivity contribution in [2.45, 2.75) is 46.0 Å². The summed E-state index contributed by atoms with van der Waals surface area (Å²) >= 11 is 0. The number of hydrogen-bond acceptors (Lipinski definition) is 3. The van der Waals surface area contributed by atoms with Crippen molar-refractivity contribution in [1.82, 2.24) is 5.32 Å². The molecule has 104 valence electrons. The van der Waals surface area contributed by atoms with Crippen molar-refractivity contribution >= 4 is 0 Å². The van der Waals surface area contributed by atoms with E-state index in [9.17, 15) is 0 Å². The Balaban J connectivity index is 3.88. The molecular formula is C14H31NO2. The van der Waals surface area contributed by atoms with Crippen LogP contribution in [-0.4, -0.2) is 40.5 Å². The van der Waals surface area contributed by atoms with Crippen LogP contribution in [0.1, 0.15) is 46.0 Å². The monoisotopic (exact) mass is 245 g/mol. The number of hydrogen-bond donors (Lipinski definition) is 1. The lowest BCUT2D eigenvalue weighted by molar-refractivity contribution is 0.166. The molecule has 0 spiro atoms. The second-order valence-electron chi connectivity index (χ2n) is 4.83. The summed E-state index contributed by atoms with van der Waals surface area (Å²) in [6.45, 7) is 8.36. The Morgan fingerprint density at radius 1 is 0.941 bits per heavy atom. The van der Waals surface area contributed by atoms with E-state index in [2.05, 4.69) is 19.2 Å². The largest absolute Gasteiger partial charge is 0.385 e. The molecule has 0 aromatic heterocycles. The van der Waals surface area contributed by atoms with Crippen molar-refractivity contribution in [2.75, 3.05) is 40.5 Å². The van der Waals surface area contributed by atoms with Gasteiger partial charge in [0.05, 0.1) is 6.61 Å². The van der Waals surface area contributed by atoms with Crippen LogP contribution in [-0.2, 0) is 9.47 Å². The van der Waals surface area contributed by atoms with Crippen LogP contribution in [0.5, 0.6) is 0 Å². The molecule has 0 aromatic rings. The summed E-state index contributed by atoms with van der Waals surface area (Å²) in [4.78, 5) is 0. The minimum Gasteiger partial charge on any atom is -0.385 e. The van der Waals surface area contributed by atoms with Crippen LogP contribution in [0, 0.1) is 5.41 Å². The van der Waals surface area contributed by atoms with E-state index >= 15 is 0 Å². The molecule has 0 atom stereocenters. The van der Waals surface area contributed by atoms with Gasteiger partial charge in [-0.15, -0.1) is 0 Å². The summed E-state index contributed by atoms with van der Waals surface area (Å²) in [6.07, 6.45) is 6.23. The normalized spacial score (nSPS) is 12.0. The summed E-state index contributed by atoms with van der Waals surface area (Å²) in [5.74, 6) is 0. The van der Waals surface area contributed by atoms with E-state index in [1.807, 2.05) is 0 Å². The number of ether oxygens (including phenoxy) is 2. The molecule has 0 heterocycles. The molecule has 0 radical (unpaired) electrons. The Labute approximate surface area is 107 Å². The SMILES string of the molecule is CCC(CC)(CCCCOC)CNCCOC. The highest BCUT2D eigenvalue weighted by molar-refractivity contribution is 4.79. The van der Waals surface area contributed by atoms with Gasteiger partial charge in [0.1, 0.15) is 0 Å². The van der Waals surface area contributed by atoms with Gasteiger partial charge in [-0.3, -0.25) is 0 Å². The van der Waals surface area contributed by atoms with Crippen LogP contribution < -0.4 is 5.32 Å². The third-order valence-electron chi connectivity index (χ3n) is 3.79. The molecule has 0 bridgehead atoms. The van der Waals surface area contributed by atoms with Crippen LogP contribution in [0.3, 0.4) is 0 Å². The predicted octanol–water partition coefficient (Wildman–Crippen LogP) is 2.85. The van der Waals surface area contributed by atoms with Crippen molar-refractivity contribution in [3.63, 3.8) is 0 Å². The molecule has 0 fully saturated rings.